The molecule has 1 amide bonds. The fourth-order valence-corrected chi connectivity index (χ4v) is 2.76. The molecule has 2 aromatic heterocycles. The summed E-state index contributed by atoms with van der Waals surface area (Å²) >= 11 is 5.95. The van der Waals surface area contributed by atoms with Gasteiger partial charge in [0, 0.05) is 28.8 Å². The van der Waals surface area contributed by atoms with Crippen molar-refractivity contribution in [2.24, 2.45) is 0 Å². The Morgan fingerprint density at radius 3 is 2.58 bits per heavy atom. The predicted molar refractivity (Wildman–Crippen MR) is 95.5 cm³/mol. The van der Waals surface area contributed by atoms with Gasteiger partial charge in [-0.3, -0.25) is 9.59 Å². The topological polar surface area (TPSA) is 50.6 Å². The van der Waals surface area contributed by atoms with E-state index in [2.05, 4.69) is 5.32 Å². The molecule has 0 atom stereocenters. The molecule has 1 N–H and O–H groups in total. The van der Waals surface area contributed by atoms with Crippen LogP contribution < -0.4 is 5.32 Å². The molecule has 0 aliphatic rings. The normalized spacial score (nSPS) is 10.8. The van der Waals surface area contributed by atoms with E-state index in [1.807, 2.05) is 43.3 Å². The zero-order valence-electron chi connectivity index (χ0n) is 13.3. The highest BCUT2D eigenvalue weighted by atomic mass is 35.5. The number of ketones is 1. The van der Waals surface area contributed by atoms with Crippen molar-refractivity contribution in [2.45, 2.75) is 13.3 Å². The van der Waals surface area contributed by atoms with Crippen molar-refractivity contribution in [1.82, 2.24) is 9.72 Å². The van der Waals surface area contributed by atoms with E-state index in [1.54, 1.807) is 22.7 Å². The van der Waals surface area contributed by atoms with Gasteiger partial charge in [0.1, 0.15) is 5.69 Å². The molecule has 3 rings (SSSR count). The van der Waals surface area contributed by atoms with Crippen molar-refractivity contribution in [3.63, 3.8) is 0 Å². The van der Waals surface area contributed by atoms with Gasteiger partial charge in [0.25, 0.3) is 11.7 Å². The highest BCUT2D eigenvalue weighted by molar-refractivity contribution is 6.43. The Labute approximate surface area is 145 Å². The van der Waals surface area contributed by atoms with Crippen LogP contribution in [0.2, 0.25) is 5.02 Å². The van der Waals surface area contributed by atoms with E-state index in [1.165, 1.54) is 0 Å². The number of Topliss-reactive ketones (excluding diaryl/α,β-unsaturated/α-hetero) is 1. The fourth-order valence-electron chi connectivity index (χ4n) is 2.63. The molecule has 0 aliphatic carbocycles. The van der Waals surface area contributed by atoms with Gasteiger partial charge in [0.2, 0.25) is 0 Å². The summed E-state index contributed by atoms with van der Waals surface area (Å²) in [4.78, 5) is 24.9. The Morgan fingerprint density at radius 2 is 1.88 bits per heavy atom. The SMILES string of the molecule is CCCNC(=O)C(=O)c1c(-c2ccc(Cl)cc2)cc2ccccn12. The third-order valence-electron chi connectivity index (χ3n) is 3.79. The molecule has 0 unspecified atom stereocenters. The summed E-state index contributed by atoms with van der Waals surface area (Å²) in [5.74, 6) is -1.13. The maximum absolute atomic E-state index is 12.7. The van der Waals surface area contributed by atoms with Crippen molar-refractivity contribution in [3.05, 3.63) is 65.4 Å². The maximum Gasteiger partial charge on any atom is 0.294 e. The summed E-state index contributed by atoms with van der Waals surface area (Å²) < 4.78 is 1.75. The van der Waals surface area contributed by atoms with Gasteiger partial charge >= 0.3 is 0 Å². The number of benzene rings is 1. The van der Waals surface area contributed by atoms with Gasteiger partial charge in [-0.2, -0.15) is 0 Å². The average Bonchev–Trinajstić information content (AvgIpc) is 2.99. The number of amides is 1. The summed E-state index contributed by atoms with van der Waals surface area (Å²) in [5, 5.41) is 3.27. The number of rotatable bonds is 5. The molecule has 122 valence electrons. The van der Waals surface area contributed by atoms with Gasteiger partial charge in [-0.15, -0.1) is 0 Å². The van der Waals surface area contributed by atoms with Crippen LogP contribution in [0.3, 0.4) is 0 Å². The molecule has 0 saturated carbocycles. The fraction of sp³-hybridized carbons (Fsp3) is 0.158. The molecular formula is C19H17ClN2O2. The van der Waals surface area contributed by atoms with Crippen LogP contribution in [0.25, 0.3) is 16.6 Å². The van der Waals surface area contributed by atoms with Crippen LogP contribution in [0.15, 0.2) is 54.7 Å². The number of aromatic nitrogens is 1. The number of halogens is 1. The number of pyridine rings is 1. The molecule has 3 aromatic rings. The summed E-state index contributed by atoms with van der Waals surface area (Å²) in [6.45, 7) is 2.42. The quantitative estimate of drug-likeness (QED) is 0.564. The molecule has 0 spiro atoms. The zero-order chi connectivity index (χ0) is 17.1. The van der Waals surface area contributed by atoms with E-state index in [0.29, 0.717) is 17.3 Å². The zero-order valence-corrected chi connectivity index (χ0v) is 14.0. The minimum atomic E-state index is -0.587. The first-order valence-electron chi connectivity index (χ1n) is 7.80. The molecule has 2 heterocycles. The lowest BCUT2D eigenvalue weighted by Crippen LogP contribution is -2.32. The van der Waals surface area contributed by atoms with E-state index < -0.39 is 11.7 Å². The number of hydrogen-bond donors (Lipinski definition) is 1. The molecule has 0 radical (unpaired) electrons. The van der Waals surface area contributed by atoms with Crippen molar-refractivity contribution in [1.29, 1.82) is 0 Å². The van der Waals surface area contributed by atoms with Gasteiger partial charge in [0.05, 0.1) is 0 Å². The molecule has 4 nitrogen and oxygen atoms in total. The molecule has 0 bridgehead atoms. The van der Waals surface area contributed by atoms with E-state index in [-0.39, 0.29) is 0 Å². The Bertz CT molecular complexity index is 897. The second-order valence-corrected chi connectivity index (χ2v) is 5.93. The average molecular weight is 341 g/mol. The van der Waals surface area contributed by atoms with Gasteiger partial charge < -0.3 is 9.72 Å². The third kappa shape index (κ3) is 3.05. The van der Waals surface area contributed by atoms with Crippen LogP contribution >= 0.6 is 11.6 Å². The van der Waals surface area contributed by atoms with Crippen LogP contribution in [0.5, 0.6) is 0 Å². The molecular weight excluding hydrogens is 324 g/mol. The van der Waals surface area contributed by atoms with E-state index >= 15 is 0 Å². The van der Waals surface area contributed by atoms with E-state index in [4.69, 9.17) is 11.6 Å². The molecule has 0 aliphatic heterocycles. The third-order valence-corrected chi connectivity index (χ3v) is 4.04. The molecule has 1 aromatic carbocycles. The lowest BCUT2D eigenvalue weighted by atomic mass is 10.0. The van der Waals surface area contributed by atoms with Gasteiger partial charge in [0.15, 0.2) is 0 Å². The van der Waals surface area contributed by atoms with Gasteiger partial charge in [-0.25, -0.2) is 0 Å². The predicted octanol–water partition coefficient (Wildman–Crippen LogP) is 3.97. The maximum atomic E-state index is 12.7. The van der Waals surface area contributed by atoms with Crippen molar-refractivity contribution in [3.8, 4) is 11.1 Å². The molecule has 24 heavy (non-hydrogen) atoms. The van der Waals surface area contributed by atoms with Gasteiger partial charge in [-0.1, -0.05) is 36.7 Å². The van der Waals surface area contributed by atoms with Crippen molar-refractivity contribution >= 4 is 28.8 Å². The highest BCUT2D eigenvalue weighted by Gasteiger charge is 2.24. The largest absolute Gasteiger partial charge is 0.349 e. The lowest BCUT2D eigenvalue weighted by Gasteiger charge is -2.07. The number of nitrogens with zero attached hydrogens (tertiary/aromatic N) is 1. The van der Waals surface area contributed by atoms with Crippen LogP contribution in [-0.2, 0) is 4.79 Å². The lowest BCUT2D eigenvalue weighted by molar-refractivity contribution is -0.117. The van der Waals surface area contributed by atoms with E-state index in [0.717, 1.165) is 23.1 Å². The Balaban J connectivity index is 2.13. The van der Waals surface area contributed by atoms with Crippen molar-refractivity contribution in [2.75, 3.05) is 6.54 Å². The first kappa shape index (κ1) is 16.3. The second kappa shape index (κ2) is 6.89. The molecule has 5 heteroatoms. The summed E-state index contributed by atoms with van der Waals surface area (Å²) in [6, 6.07) is 14.8. The summed E-state index contributed by atoms with van der Waals surface area (Å²) in [7, 11) is 0. The number of fused-ring (bicyclic) bond motifs is 1. The minimum absolute atomic E-state index is 0.363. The van der Waals surface area contributed by atoms with Crippen LogP contribution in [0, 0.1) is 0 Å². The Kier molecular flexibility index (Phi) is 4.67. The van der Waals surface area contributed by atoms with Crippen LogP contribution in [0.4, 0.5) is 0 Å². The minimum Gasteiger partial charge on any atom is -0.349 e. The number of nitrogens with one attached hydrogen (secondary N) is 1. The Hall–Kier alpha value is -2.59. The number of hydrogen-bond acceptors (Lipinski definition) is 2. The summed E-state index contributed by atoms with van der Waals surface area (Å²) in [6.07, 6.45) is 2.56. The standard InChI is InChI=1S/C19H17ClN2O2/c1-2-10-21-19(24)18(23)17-16(13-6-8-14(20)9-7-13)12-15-5-3-4-11-22(15)17/h3-9,11-12H,2,10H2,1H3,(H,21,24). The second-order valence-electron chi connectivity index (χ2n) is 5.49. The van der Waals surface area contributed by atoms with Crippen molar-refractivity contribution < 1.29 is 9.59 Å². The first-order chi connectivity index (χ1) is 11.6. The summed E-state index contributed by atoms with van der Waals surface area (Å²) in [5.41, 5.74) is 2.78. The first-order valence-corrected chi connectivity index (χ1v) is 8.18. The number of carbonyl (C=O) groups excluding carboxylic acids is 2. The van der Waals surface area contributed by atoms with Crippen LogP contribution in [-0.4, -0.2) is 22.6 Å². The van der Waals surface area contributed by atoms with E-state index in [9.17, 15) is 9.59 Å². The Morgan fingerprint density at radius 1 is 1.12 bits per heavy atom. The number of carbonyl (C=O) groups is 2. The molecule has 0 fully saturated rings. The van der Waals surface area contributed by atoms with Crippen LogP contribution in [0.1, 0.15) is 23.8 Å². The van der Waals surface area contributed by atoms with Gasteiger partial charge in [-0.05, 0) is 42.3 Å². The monoisotopic (exact) mass is 340 g/mol. The highest BCUT2D eigenvalue weighted by Crippen LogP contribution is 2.29. The smallest absolute Gasteiger partial charge is 0.294 e. The molecule has 0 saturated heterocycles.